The Labute approximate surface area is 226 Å². The van der Waals surface area contributed by atoms with Gasteiger partial charge in [0.1, 0.15) is 23.4 Å². The van der Waals surface area contributed by atoms with Crippen LogP contribution in [0.15, 0.2) is 54.6 Å². The summed E-state index contributed by atoms with van der Waals surface area (Å²) in [6.45, 7) is 4.99. The number of hydrogen-bond acceptors (Lipinski definition) is 5. The van der Waals surface area contributed by atoms with E-state index in [1.165, 1.54) is 18.8 Å². The SMILES string of the molecule is CCOC(=O)[C@@H](C)NP(C)(=O)COc1cc(Cl)c(Cc2ccc(O)c(Cc3ccc(F)cc3)c2)c(Cl)c1. The van der Waals surface area contributed by atoms with Crippen LogP contribution in [0, 0.1) is 5.82 Å². The summed E-state index contributed by atoms with van der Waals surface area (Å²) in [5.74, 6) is -0.323. The van der Waals surface area contributed by atoms with Gasteiger partial charge in [0, 0.05) is 29.6 Å². The molecular weight excluding hydrogens is 539 g/mol. The van der Waals surface area contributed by atoms with E-state index in [1.54, 1.807) is 50.2 Å². The van der Waals surface area contributed by atoms with Gasteiger partial charge in [0.2, 0.25) is 0 Å². The molecule has 3 aromatic rings. The van der Waals surface area contributed by atoms with Crippen LogP contribution in [-0.4, -0.2) is 36.7 Å². The second-order valence-electron chi connectivity index (χ2n) is 8.79. The molecule has 198 valence electrons. The summed E-state index contributed by atoms with van der Waals surface area (Å²) in [4.78, 5) is 11.8. The summed E-state index contributed by atoms with van der Waals surface area (Å²) < 4.78 is 36.7. The molecule has 3 aromatic carbocycles. The van der Waals surface area contributed by atoms with Crippen LogP contribution in [-0.2, 0) is 26.9 Å². The normalized spacial score (nSPS) is 13.6. The fraction of sp³-hybridized carbons (Fsp3) is 0.296. The van der Waals surface area contributed by atoms with Gasteiger partial charge >= 0.3 is 5.97 Å². The van der Waals surface area contributed by atoms with Crippen molar-refractivity contribution in [2.24, 2.45) is 0 Å². The van der Waals surface area contributed by atoms with Crippen molar-refractivity contribution < 1.29 is 28.3 Å². The van der Waals surface area contributed by atoms with Gasteiger partial charge in [0.05, 0.1) is 6.61 Å². The van der Waals surface area contributed by atoms with Crippen LogP contribution in [0.1, 0.15) is 36.1 Å². The number of benzene rings is 3. The van der Waals surface area contributed by atoms with Crippen molar-refractivity contribution in [1.29, 1.82) is 0 Å². The quantitative estimate of drug-likeness (QED) is 0.196. The fourth-order valence-corrected chi connectivity index (χ4v) is 5.71. The molecule has 0 saturated heterocycles. The molecule has 0 aliphatic carbocycles. The maximum Gasteiger partial charge on any atom is 0.323 e. The van der Waals surface area contributed by atoms with Crippen LogP contribution in [0.4, 0.5) is 4.39 Å². The topological polar surface area (TPSA) is 84.9 Å². The Morgan fingerprint density at radius 1 is 1.05 bits per heavy atom. The molecule has 0 bridgehead atoms. The summed E-state index contributed by atoms with van der Waals surface area (Å²) in [5, 5.41) is 13.8. The highest BCUT2D eigenvalue weighted by Crippen LogP contribution is 2.39. The first kappa shape index (κ1) is 29.0. The number of hydrogen-bond donors (Lipinski definition) is 2. The Balaban J connectivity index is 1.69. The van der Waals surface area contributed by atoms with Gasteiger partial charge in [-0.1, -0.05) is 47.5 Å². The smallest absolute Gasteiger partial charge is 0.323 e. The first-order valence-electron chi connectivity index (χ1n) is 11.6. The number of halogens is 3. The summed E-state index contributed by atoms with van der Waals surface area (Å²) in [5.41, 5.74) is 3.11. The molecule has 0 amide bonds. The van der Waals surface area contributed by atoms with E-state index >= 15 is 0 Å². The molecule has 0 radical (unpaired) electrons. The molecule has 37 heavy (non-hydrogen) atoms. The van der Waals surface area contributed by atoms with E-state index in [0.29, 0.717) is 39.8 Å². The minimum atomic E-state index is -3.03. The average molecular weight is 568 g/mol. The lowest BCUT2D eigenvalue weighted by molar-refractivity contribution is -0.144. The van der Waals surface area contributed by atoms with E-state index in [9.17, 15) is 18.9 Å². The Bertz CT molecular complexity index is 1280. The third-order valence-corrected chi connectivity index (χ3v) is 7.76. The lowest BCUT2D eigenvalue weighted by Gasteiger charge is -2.20. The second-order valence-corrected chi connectivity index (χ2v) is 12.3. The number of ether oxygens (including phenoxy) is 2. The Kier molecular flexibility index (Phi) is 10.0. The van der Waals surface area contributed by atoms with Crippen molar-refractivity contribution in [2.75, 3.05) is 19.6 Å². The van der Waals surface area contributed by atoms with Gasteiger partial charge in [0.25, 0.3) is 0 Å². The van der Waals surface area contributed by atoms with E-state index in [2.05, 4.69) is 5.09 Å². The number of aromatic hydroxyl groups is 1. The summed E-state index contributed by atoms with van der Waals surface area (Å²) >= 11 is 13.0. The molecule has 0 aromatic heterocycles. The average Bonchev–Trinajstić information content (AvgIpc) is 2.83. The zero-order valence-corrected chi connectivity index (χ0v) is 23.2. The first-order chi connectivity index (χ1) is 17.5. The standard InChI is InChI=1S/C27H29Cl2FNO5P/c1-4-35-27(33)17(2)31-37(3,34)16-36-22-14-24(28)23(25(29)15-22)13-19-7-10-26(32)20(12-19)11-18-5-8-21(30)9-6-18/h5-10,12,14-15,17,32H,4,11,13,16H2,1-3H3,(H,31,34)/t17-,37?/m1/s1. The van der Waals surface area contributed by atoms with Gasteiger partial charge < -0.3 is 19.1 Å². The molecule has 2 N–H and O–H groups in total. The first-order valence-corrected chi connectivity index (χ1v) is 14.7. The lowest BCUT2D eigenvalue weighted by atomic mass is 9.98. The van der Waals surface area contributed by atoms with Gasteiger partial charge in [-0.15, -0.1) is 0 Å². The Morgan fingerprint density at radius 2 is 1.68 bits per heavy atom. The van der Waals surface area contributed by atoms with Crippen LogP contribution in [0.3, 0.4) is 0 Å². The van der Waals surface area contributed by atoms with E-state index < -0.39 is 19.3 Å². The molecule has 0 spiro atoms. The maximum atomic E-state index is 13.2. The highest BCUT2D eigenvalue weighted by molar-refractivity contribution is 7.60. The predicted octanol–water partition coefficient (Wildman–Crippen LogP) is 6.81. The monoisotopic (exact) mass is 567 g/mol. The number of nitrogens with one attached hydrogen (secondary N) is 1. The molecule has 2 atom stereocenters. The van der Waals surface area contributed by atoms with Crippen molar-refractivity contribution in [3.63, 3.8) is 0 Å². The third kappa shape index (κ3) is 8.47. The van der Waals surface area contributed by atoms with Crippen molar-refractivity contribution in [1.82, 2.24) is 5.09 Å². The molecular formula is C27H29Cl2FNO5P. The predicted molar refractivity (Wildman–Crippen MR) is 145 cm³/mol. The molecule has 0 aliphatic rings. The van der Waals surface area contributed by atoms with Gasteiger partial charge in [-0.3, -0.25) is 9.88 Å². The van der Waals surface area contributed by atoms with Gasteiger partial charge in [-0.25, -0.2) is 4.39 Å². The van der Waals surface area contributed by atoms with Gasteiger partial charge in [-0.05, 0) is 66.4 Å². The van der Waals surface area contributed by atoms with E-state index in [-0.39, 0.29) is 24.5 Å². The van der Waals surface area contributed by atoms with Gasteiger partial charge in [0.15, 0.2) is 13.6 Å². The number of phenols is 1. The minimum absolute atomic E-state index is 0.142. The number of phenolic OH excluding ortho intramolecular Hbond substituents is 1. The van der Waals surface area contributed by atoms with Crippen LogP contribution in [0.2, 0.25) is 10.0 Å². The van der Waals surface area contributed by atoms with Crippen LogP contribution in [0.25, 0.3) is 0 Å². The van der Waals surface area contributed by atoms with Crippen molar-refractivity contribution >= 4 is 36.5 Å². The molecule has 3 rings (SSSR count). The second kappa shape index (κ2) is 12.8. The number of carbonyl (C=O) groups excluding carboxylic acids is 1. The molecule has 0 fully saturated rings. The highest BCUT2D eigenvalue weighted by Gasteiger charge is 2.24. The van der Waals surface area contributed by atoms with Crippen molar-refractivity contribution in [3.8, 4) is 11.5 Å². The molecule has 1 unspecified atom stereocenters. The molecule has 0 heterocycles. The molecule has 0 saturated carbocycles. The summed E-state index contributed by atoms with van der Waals surface area (Å²) in [6.07, 6.45) is 0.668. The maximum absolute atomic E-state index is 13.2. The lowest BCUT2D eigenvalue weighted by Crippen LogP contribution is -2.34. The number of rotatable bonds is 11. The van der Waals surface area contributed by atoms with Gasteiger partial charge in [-0.2, -0.15) is 0 Å². The van der Waals surface area contributed by atoms with E-state index in [1.807, 2.05) is 6.07 Å². The third-order valence-electron chi connectivity index (χ3n) is 5.53. The highest BCUT2D eigenvalue weighted by atomic mass is 35.5. The van der Waals surface area contributed by atoms with E-state index in [4.69, 9.17) is 32.7 Å². The fourth-order valence-electron chi connectivity index (χ4n) is 3.71. The number of esters is 1. The van der Waals surface area contributed by atoms with Crippen LogP contribution >= 0.6 is 30.5 Å². The van der Waals surface area contributed by atoms with Crippen molar-refractivity contribution in [3.05, 3.63) is 92.7 Å². The number of carbonyl (C=O) groups is 1. The van der Waals surface area contributed by atoms with Crippen molar-refractivity contribution in [2.45, 2.75) is 32.7 Å². The minimum Gasteiger partial charge on any atom is -0.508 e. The molecule has 10 heteroatoms. The zero-order valence-electron chi connectivity index (χ0n) is 20.8. The van der Waals surface area contributed by atoms with Crippen LogP contribution < -0.4 is 9.82 Å². The van der Waals surface area contributed by atoms with Crippen LogP contribution in [0.5, 0.6) is 11.5 Å². The summed E-state index contributed by atoms with van der Waals surface area (Å²) in [7, 11) is -3.03. The Morgan fingerprint density at radius 3 is 2.30 bits per heavy atom. The molecule has 0 aliphatic heterocycles. The largest absolute Gasteiger partial charge is 0.508 e. The molecule has 6 nitrogen and oxygen atoms in total. The Hall–Kier alpha value is -2.57. The zero-order chi connectivity index (χ0) is 27.2. The van der Waals surface area contributed by atoms with E-state index in [0.717, 1.165) is 11.1 Å². The summed E-state index contributed by atoms with van der Waals surface area (Å²) in [6, 6.07) is 13.8.